The first-order chi connectivity index (χ1) is 20.7. The molecule has 0 bridgehead atoms. The van der Waals surface area contributed by atoms with Crippen LogP contribution >= 0.6 is 34.5 Å². The molecule has 4 aromatic carbocycles. The first-order valence-corrected chi connectivity index (χ1v) is 13.9. The van der Waals surface area contributed by atoms with Crippen molar-refractivity contribution in [1.82, 2.24) is 5.43 Å². The summed E-state index contributed by atoms with van der Waals surface area (Å²) in [6, 6.07) is 23.0. The zero-order valence-electron chi connectivity index (χ0n) is 21.7. The number of carbonyl (C=O) groups excluding carboxylic acids is 3. The van der Waals surface area contributed by atoms with Crippen LogP contribution in [0.4, 0.5) is 11.4 Å². The van der Waals surface area contributed by atoms with Crippen LogP contribution in [0.3, 0.4) is 0 Å². The summed E-state index contributed by atoms with van der Waals surface area (Å²) in [6.45, 7) is 0. The number of hydrogen-bond donors (Lipinski definition) is 2. The second-order valence-electron chi connectivity index (χ2n) is 8.85. The summed E-state index contributed by atoms with van der Waals surface area (Å²) in [5.41, 5.74) is 3.64. The van der Waals surface area contributed by atoms with Gasteiger partial charge in [-0.1, -0.05) is 41.4 Å². The third kappa shape index (κ3) is 6.87. The molecule has 5 aromatic rings. The zero-order valence-corrected chi connectivity index (χ0v) is 24.1. The summed E-state index contributed by atoms with van der Waals surface area (Å²) in [7, 11) is 0. The summed E-state index contributed by atoms with van der Waals surface area (Å²) in [4.78, 5) is 48.4. The van der Waals surface area contributed by atoms with Gasteiger partial charge in [0.05, 0.1) is 16.2 Å². The molecule has 0 saturated heterocycles. The number of rotatable bonds is 8. The van der Waals surface area contributed by atoms with Crippen LogP contribution in [0.5, 0.6) is 5.75 Å². The molecule has 1 aromatic heterocycles. The molecule has 0 spiro atoms. The number of hydrazone groups is 1. The van der Waals surface area contributed by atoms with Gasteiger partial charge >= 0.3 is 5.97 Å². The van der Waals surface area contributed by atoms with Gasteiger partial charge in [0.15, 0.2) is 0 Å². The Morgan fingerprint density at radius 2 is 1.56 bits per heavy atom. The van der Waals surface area contributed by atoms with Gasteiger partial charge < -0.3 is 10.1 Å². The molecular formula is C30H18Cl2N4O6S. The lowest BCUT2D eigenvalue weighted by Crippen LogP contribution is -2.18. The third-order valence-corrected chi connectivity index (χ3v) is 7.89. The quantitative estimate of drug-likeness (QED) is 0.0602. The van der Waals surface area contributed by atoms with Crippen molar-refractivity contribution in [2.24, 2.45) is 5.10 Å². The van der Waals surface area contributed by atoms with Crippen LogP contribution in [-0.4, -0.2) is 28.9 Å². The Morgan fingerprint density at radius 3 is 2.28 bits per heavy atom. The Kier molecular flexibility index (Phi) is 8.77. The fraction of sp³-hybridized carbons (Fsp3) is 0. The average Bonchev–Trinajstić information content (AvgIpc) is 3.33. The summed E-state index contributed by atoms with van der Waals surface area (Å²) in [6.07, 6.45) is 1.34. The number of nitro groups is 1. The minimum Gasteiger partial charge on any atom is -0.422 e. The van der Waals surface area contributed by atoms with Gasteiger partial charge in [0.1, 0.15) is 10.6 Å². The first kappa shape index (κ1) is 29.4. The Bertz CT molecular complexity index is 1910. The van der Waals surface area contributed by atoms with Gasteiger partial charge in [-0.25, -0.2) is 10.2 Å². The van der Waals surface area contributed by atoms with E-state index in [-0.39, 0.29) is 32.5 Å². The van der Waals surface area contributed by atoms with Gasteiger partial charge in [-0.2, -0.15) is 5.10 Å². The molecule has 10 nitrogen and oxygen atoms in total. The highest BCUT2D eigenvalue weighted by Crippen LogP contribution is 2.37. The highest BCUT2D eigenvalue weighted by Gasteiger charge is 2.20. The smallest absolute Gasteiger partial charge is 0.355 e. The Labute approximate surface area is 257 Å². The number of fused-ring (bicyclic) bond motifs is 1. The van der Waals surface area contributed by atoms with Crippen LogP contribution in [0.1, 0.15) is 36.0 Å². The van der Waals surface area contributed by atoms with Crippen molar-refractivity contribution in [3.05, 3.63) is 133 Å². The number of para-hydroxylation sites is 1. The molecule has 0 radical (unpaired) electrons. The van der Waals surface area contributed by atoms with E-state index in [9.17, 15) is 24.5 Å². The summed E-state index contributed by atoms with van der Waals surface area (Å²) >= 11 is 13.6. The maximum atomic E-state index is 12.9. The van der Waals surface area contributed by atoms with Crippen LogP contribution in [0.15, 0.2) is 96.1 Å². The molecule has 0 aliphatic rings. The van der Waals surface area contributed by atoms with E-state index < -0.39 is 22.7 Å². The van der Waals surface area contributed by atoms with E-state index in [0.29, 0.717) is 21.7 Å². The lowest BCUT2D eigenvalue weighted by Gasteiger charge is -2.07. The second kappa shape index (κ2) is 12.8. The summed E-state index contributed by atoms with van der Waals surface area (Å²) < 4.78 is 6.34. The lowest BCUT2D eigenvalue weighted by atomic mass is 10.1. The van der Waals surface area contributed by atoms with E-state index in [4.69, 9.17) is 27.9 Å². The number of thiophene rings is 1. The number of esters is 1. The third-order valence-electron chi connectivity index (χ3n) is 6.01. The number of ether oxygens (including phenoxy) is 1. The van der Waals surface area contributed by atoms with Crippen LogP contribution in [0, 0.1) is 10.1 Å². The first-order valence-electron chi connectivity index (χ1n) is 12.4. The number of amides is 2. The topological polar surface area (TPSA) is 140 Å². The van der Waals surface area contributed by atoms with Gasteiger partial charge in [-0.15, -0.1) is 11.3 Å². The molecule has 0 aliphatic heterocycles. The van der Waals surface area contributed by atoms with Crippen molar-refractivity contribution < 1.29 is 24.0 Å². The number of halogens is 2. The van der Waals surface area contributed by atoms with Crippen LogP contribution in [0.25, 0.3) is 10.1 Å². The number of nitrogens with zero attached hydrogens (tertiary/aromatic N) is 2. The summed E-state index contributed by atoms with van der Waals surface area (Å²) in [5.74, 6) is -1.41. The molecule has 2 N–H and O–H groups in total. The van der Waals surface area contributed by atoms with Crippen molar-refractivity contribution >= 4 is 80.0 Å². The maximum absolute atomic E-state index is 12.9. The standard InChI is InChI=1S/C30H18Cl2N4O6S/c31-20-9-14-23-25(15-20)43-27(26(23)32)30(39)42-24-4-2-1-3-19(24)16-33-35-29(38)18-5-10-21(11-6-18)34-28(37)17-7-12-22(13-8-17)36(40)41/h1-16H,(H,34,37)(H,35,38)/b33-16-. The predicted molar refractivity (Wildman–Crippen MR) is 166 cm³/mol. The van der Waals surface area contributed by atoms with Crippen molar-refractivity contribution in [2.75, 3.05) is 5.32 Å². The molecular weight excluding hydrogens is 615 g/mol. The van der Waals surface area contributed by atoms with E-state index in [1.165, 1.54) is 66.1 Å². The molecule has 5 rings (SSSR count). The number of non-ortho nitro benzene ring substituents is 1. The minimum atomic E-state index is -0.645. The second-order valence-corrected chi connectivity index (χ2v) is 10.7. The van der Waals surface area contributed by atoms with Gasteiger partial charge in [-0.05, 0) is 60.7 Å². The number of hydrogen-bond acceptors (Lipinski definition) is 8. The van der Waals surface area contributed by atoms with Gasteiger partial charge in [0.2, 0.25) is 0 Å². The molecule has 0 atom stereocenters. The molecule has 13 heteroatoms. The maximum Gasteiger partial charge on any atom is 0.355 e. The normalized spacial score (nSPS) is 10.9. The fourth-order valence-electron chi connectivity index (χ4n) is 3.86. The number of anilines is 1. The van der Waals surface area contributed by atoms with Crippen molar-refractivity contribution in [1.29, 1.82) is 0 Å². The molecule has 0 unspecified atom stereocenters. The number of carbonyl (C=O) groups is 3. The number of benzene rings is 4. The predicted octanol–water partition coefficient (Wildman–Crippen LogP) is 7.35. The van der Waals surface area contributed by atoms with E-state index in [1.54, 1.807) is 42.5 Å². The van der Waals surface area contributed by atoms with Crippen molar-refractivity contribution in [2.45, 2.75) is 0 Å². The molecule has 0 fully saturated rings. The van der Waals surface area contributed by atoms with Crippen molar-refractivity contribution in [3.8, 4) is 5.75 Å². The average molecular weight is 633 g/mol. The highest BCUT2D eigenvalue weighted by molar-refractivity contribution is 7.21. The fourth-order valence-corrected chi connectivity index (χ4v) is 5.53. The molecule has 0 aliphatic carbocycles. The molecule has 43 heavy (non-hydrogen) atoms. The van der Waals surface area contributed by atoms with E-state index in [1.807, 2.05) is 0 Å². The van der Waals surface area contributed by atoms with E-state index >= 15 is 0 Å². The highest BCUT2D eigenvalue weighted by atomic mass is 35.5. The monoisotopic (exact) mass is 632 g/mol. The molecule has 1 heterocycles. The SMILES string of the molecule is O=C(N/N=C\c1ccccc1OC(=O)c1sc2cc(Cl)ccc2c1Cl)c1ccc(NC(=O)c2ccc([N+](=O)[O-])cc2)cc1. The van der Waals surface area contributed by atoms with E-state index in [0.717, 1.165) is 4.70 Å². The zero-order chi connectivity index (χ0) is 30.5. The minimum absolute atomic E-state index is 0.123. The molecule has 2 amide bonds. The largest absolute Gasteiger partial charge is 0.422 e. The Balaban J connectivity index is 1.20. The Morgan fingerprint density at radius 1 is 0.884 bits per heavy atom. The van der Waals surface area contributed by atoms with Crippen molar-refractivity contribution in [3.63, 3.8) is 0 Å². The molecule has 214 valence electrons. The van der Waals surface area contributed by atoms with E-state index in [2.05, 4.69) is 15.8 Å². The summed E-state index contributed by atoms with van der Waals surface area (Å²) in [5, 5.41) is 18.9. The number of nitrogens with one attached hydrogen (secondary N) is 2. The Hall–Kier alpha value is -5.10. The van der Waals surface area contributed by atoms with Gasteiger partial charge in [0, 0.05) is 49.6 Å². The van der Waals surface area contributed by atoms with Gasteiger partial charge in [-0.3, -0.25) is 19.7 Å². The van der Waals surface area contributed by atoms with Crippen LogP contribution in [0.2, 0.25) is 10.0 Å². The number of nitro benzene ring substituents is 1. The van der Waals surface area contributed by atoms with Crippen LogP contribution < -0.4 is 15.5 Å². The van der Waals surface area contributed by atoms with Crippen LogP contribution in [-0.2, 0) is 0 Å². The molecule has 0 saturated carbocycles. The van der Waals surface area contributed by atoms with Gasteiger partial charge in [0.25, 0.3) is 17.5 Å². The lowest BCUT2D eigenvalue weighted by molar-refractivity contribution is -0.384.